The maximum Gasteiger partial charge on any atom is 0.256 e. The van der Waals surface area contributed by atoms with Crippen LogP contribution >= 0.6 is 0 Å². The molecule has 3 amide bonds. The Labute approximate surface area is 184 Å². The van der Waals surface area contributed by atoms with Crippen LogP contribution in [0.2, 0.25) is 0 Å². The van der Waals surface area contributed by atoms with E-state index in [1.54, 1.807) is 20.0 Å². The number of aromatic nitrogens is 2. The molecule has 10 heteroatoms. The Morgan fingerprint density at radius 1 is 1.10 bits per heavy atom. The highest BCUT2D eigenvalue weighted by Crippen LogP contribution is 2.11. The number of carbonyl (C=O) groups is 3. The fourth-order valence-electron chi connectivity index (χ4n) is 2.47. The number of nitrogens with one attached hydrogen (secondary N) is 3. The molecule has 0 saturated carbocycles. The first-order valence-corrected chi connectivity index (χ1v) is 10.4. The average Bonchev–Trinajstić information content (AvgIpc) is 2.71. The number of hydrogen-bond acceptors (Lipinski definition) is 7. The lowest BCUT2D eigenvalue weighted by molar-refractivity contribution is -0.131. The summed E-state index contributed by atoms with van der Waals surface area (Å²) >= 11 is 0. The van der Waals surface area contributed by atoms with Crippen LogP contribution in [0.1, 0.15) is 35.9 Å². The molecule has 0 aliphatic rings. The second kappa shape index (κ2) is 14.1. The molecule has 0 spiro atoms. The molecule has 31 heavy (non-hydrogen) atoms. The third-order valence-corrected chi connectivity index (χ3v) is 4.15. The number of carbonyl (C=O) groups excluding carboxylic acids is 3. The molecule has 0 aromatic carbocycles. The van der Waals surface area contributed by atoms with Crippen LogP contribution < -0.4 is 16.0 Å². The lowest BCUT2D eigenvalue weighted by atomic mass is 10.2. The van der Waals surface area contributed by atoms with Gasteiger partial charge in [0.25, 0.3) is 5.91 Å². The summed E-state index contributed by atoms with van der Waals surface area (Å²) in [6.07, 6.45) is 6.19. The summed E-state index contributed by atoms with van der Waals surface area (Å²) in [5.74, 6) is 0.375. The molecule has 10 nitrogen and oxygen atoms in total. The molecule has 1 aromatic rings. The maximum atomic E-state index is 12.4. The number of likely N-dealkylation sites (N-methyl/N-ethyl adjacent to an activating group) is 2. The zero-order valence-corrected chi connectivity index (χ0v) is 19.2. The van der Waals surface area contributed by atoms with Gasteiger partial charge in [-0.3, -0.25) is 14.4 Å². The highest BCUT2D eigenvalue weighted by atomic mass is 16.2. The first-order valence-electron chi connectivity index (χ1n) is 10.4. The van der Waals surface area contributed by atoms with E-state index in [0.29, 0.717) is 49.8 Å². The van der Waals surface area contributed by atoms with Crippen molar-refractivity contribution >= 4 is 23.5 Å². The SMILES string of the molecule is CCCNc1nc(C)ncc1C(=O)NCCCNC(=O)CN(C)C(=O)/C=C/CN(C)C. The van der Waals surface area contributed by atoms with E-state index in [4.69, 9.17) is 0 Å². The van der Waals surface area contributed by atoms with E-state index in [0.717, 1.165) is 6.42 Å². The fourth-order valence-corrected chi connectivity index (χ4v) is 2.47. The summed E-state index contributed by atoms with van der Waals surface area (Å²) in [6.45, 7) is 5.93. The van der Waals surface area contributed by atoms with Gasteiger partial charge in [-0.2, -0.15) is 0 Å². The molecular formula is C21H35N7O3. The van der Waals surface area contributed by atoms with Crippen molar-refractivity contribution < 1.29 is 14.4 Å². The van der Waals surface area contributed by atoms with Gasteiger partial charge in [-0.1, -0.05) is 13.0 Å². The van der Waals surface area contributed by atoms with Gasteiger partial charge in [0.05, 0.1) is 6.54 Å². The highest BCUT2D eigenvalue weighted by Gasteiger charge is 2.14. The third kappa shape index (κ3) is 10.5. The Kier molecular flexibility index (Phi) is 11.8. The van der Waals surface area contributed by atoms with Crippen molar-refractivity contribution in [3.63, 3.8) is 0 Å². The Hall–Kier alpha value is -3.01. The van der Waals surface area contributed by atoms with Crippen molar-refractivity contribution in [3.05, 3.63) is 29.7 Å². The lowest BCUT2D eigenvalue weighted by Gasteiger charge is -2.15. The molecule has 1 rings (SSSR count). The molecule has 1 heterocycles. The lowest BCUT2D eigenvalue weighted by Crippen LogP contribution is -2.38. The van der Waals surface area contributed by atoms with E-state index in [2.05, 4.69) is 25.9 Å². The molecule has 0 aliphatic carbocycles. The molecule has 0 bridgehead atoms. The van der Waals surface area contributed by atoms with Gasteiger partial charge in [-0.05, 0) is 33.9 Å². The molecule has 0 atom stereocenters. The van der Waals surface area contributed by atoms with E-state index in [1.165, 1.54) is 17.2 Å². The number of aryl methyl sites for hydroxylation is 1. The fraction of sp³-hybridized carbons (Fsp3) is 0.571. The molecule has 1 aromatic heterocycles. The number of nitrogens with zero attached hydrogens (tertiary/aromatic N) is 4. The van der Waals surface area contributed by atoms with E-state index in [-0.39, 0.29) is 24.3 Å². The largest absolute Gasteiger partial charge is 0.369 e. The minimum atomic E-state index is -0.264. The summed E-state index contributed by atoms with van der Waals surface area (Å²) in [5, 5.41) is 8.70. The van der Waals surface area contributed by atoms with Gasteiger partial charge in [-0.25, -0.2) is 9.97 Å². The van der Waals surface area contributed by atoms with Crippen LogP contribution in [0, 0.1) is 6.92 Å². The molecular weight excluding hydrogens is 398 g/mol. The number of anilines is 1. The minimum absolute atomic E-state index is 0.0232. The normalized spacial score (nSPS) is 10.9. The van der Waals surface area contributed by atoms with E-state index in [1.807, 2.05) is 25.9 Å². The highest BCUT2D eigenvalue weighted by molar-refractivity contribution is 5.98. The van der Waals surface area contributed by atoms with Crippen LogP contribution in [0.25, 0.3) is 0 Å². The predicted molar refractivity (Wildman–Crippen MR) is 121 cm³/mol. The first kappa shape index (κ1) is 26.0. The Balaban J connectivity index is 2.34. The predicted octanol–water partition coefficient (Wildman–Crippen LogP) is 0.419. The van der Waals surface area contributed by atoms with Crippen LogP contribution in [0.15, 0.2) is 18.3 Å². The number of rotatable bonds is 13. The summed E-state index contributed by atoms with van der Waals surface area (Å²) in [5.41, 5.74) is 0.394. The van der Waals surface area contributed by atoms with Crippen LogP contribution in [-0.4, -0.2) is 91.4 Å². The van der Waals surface area contributed by atoms with Crippen molar-refractivity contribution in [2.24, 2.45) is 0 Å². The van der Waals surface area contributed by atoms with Crippen molar-refractivity contribution in [2.75, 3.05) is 59.2 Å². The molecule has 0 aliphatic heterocycles. The Morgan fingerprint density at radius 3 is 2.48 bits per heavy atom. The summed E-state index contributed by atoms with van der Waals surface area (Å²) < 4.78 is 0. The summed E-state index contributed by atoms with van der Waals surface area (Å²) in [7, 11) is 5.40. The Morgan fingerprint density at radius 2 is 1.81 bits per heavy atom. The van der Waals surface area contributed by atoms with Crippen molar-refractivity contribution in [1.29, 1.82) is 0 Å². The molecule has 0 saturated heterocycles. The summed E-state index contributed by atoms with van der Waals surface area (Å²) in [6, 6.07) is 0. The van der Waals surface area contributed by atoms with Crippen LogP contribution in [0.3, 0.4) is 0 Å². The van der Waals surface area contributed by atoms with E-state index in [9.17, 15) is 14.4 Å². The van der Waals surface area contributed by atoms with Gasteiger partial charge in [0.2, 0.25) is 11.8 Å². The quantitative estimate of drug-likeness (QED) is 0.305. The topological polar surface area (TPSA) is 120 Å². The smallest absolute Gasteiger partial charge is 0.256 e. The molecule has 172 valence electrons. The Bertz CT molecular complexity index is 765. The zero-order chi connectivity index (χ0) is 23.2. The van der Waals surface area contributed by atoms with Gasteiger partial charge in [0.15, 0.2) is 0 Å². The monoisotopic (exact) mass is 433 g/mol. The zero-order valence-electron chi connectivity index (χ0n) is 19.2. The van der Waals surface area contributed by atoms with E-state index >= 15 is 0 Å². The first-order chi connectivity index (χ1) is 14.7. The molecule has 0 radical (unpaired) electrons. The summed E-state index contributed by atoms with van der Waals surface area (Å²) in [4.78, 5) is 48.0. The van der Waals surface area contributed by atoms with Gasteiger partial charge in [0, 0.05) is 45.5 Å². The van der Waals surface area contributed by atoms with Crippen LogP contribution in [-0.2, 0) is 9.59 Å². The van der Waals surface area contributed by atoms with Gasteiger partial charge in [-0.15, -0.1) is 0 Å². The minimum Gasteiger partial charge on any atom is -0.369 e. The molecule has 3 N–H and O–H groups in total. The van der Waals surface area contributed by atoms with Crippen molar-refractivity contribution in [1.82, 2.24) is 30.4 Å². The maximum absolute atomic E-state index is 12.4. The number of hydrogen-bond donors (Lipinski definition) is 3. The van der Waals surface area contributed by atoms with Gasteiger partial charge in [0.1, 0.15) is 17.2 Å². The van der Waals surface area contributed by atoms with Gasteiger partial charge < -0.3 is 25.8 Å². The number of amides is 3. The molecule has 0 unspecified atom stereocenters. The second-order valence-electron chi connectivity index (χ2n) is 7.42. The van der Waals surface area contributed by atoms with Crippen molar-refractivity contribution in [3.8, 4) is 0 Å². The van der Waals surface area contributed by atoms with E-state index < -0.39 is 0 Å². The average molecular weight is 434 g/mol. The standard InChI is InChI=1S/C21H35N7O3/c1-6-10-23-20-17(14-25-16(2)26-20)21(31)24-12-8-11-22-18(29)15-28(5)19(30)9-7-13-27(3)4/h7,9,14H,6,8,10-13,15H2,1-5H3,(H,22,29)(H,24,31)(H,23,25,26)/b9-7+. The van der Waals surface area contributed by atoms with Crippen LogP contribution in [0.5, 0.6) is 0 Å². The van der Waals surface area contributed by atoms with Crippen molar-refractivity contribution in [2.45, 2.75) is 26.7 Å². The van der Waals surface area contributed by atoms with Gasteiger partial charge >= 0.3 is 0 Å². The second-order valence-corrected chi connectivity index (χ2v) is 7.42. The molecule has 0 fully saturated rings. The third-order valence-electron chi connectivity index (χ3n) is 4.15. The van der Waals surface area contributed by atoms with Crippen LogP contribution in [0.4, 0.5) is 5.82 Å².